The summed E-state index contributed by atoms with van der Waals surface area (Å²) in [4.78, 5) is 21.8. The molecule has 36 heavy (non-hydrogen) atoms. The van der Waals surface area contributed by atoms with Crippen LogP contribution < -0.4 is 4.74 Å². The van der Waals surface area contributed by atoms with Gasteiger partial charge in [0, 0.05) is 37.4 Å². The first-order chi connectivity index (χ1) is 17.2. The quantitative estimate of drug-likeness (QED) is 0.440. The van der Waals surface area contributed by atoms with Gasteiger partial charge in [0.15, 0.2) is 0 Å². The number of rotatable bonds is 7. The molecule has 0 N–H and O–H groups in total. The number of hydrogen-bond acceptors (Lipinski definition) is 4. The minimum Gasteiger partial charge on any atom is -0.495 e. The first-order valence-electron chi connectivity index (χ1n) is 12.1. The van der Waals surface area contributed by atoms with Crippen LogP contribution in [-0.4, -0.2) is 58.0 Å². The molecule has 0 bridgehead atoms. The fourth-order valence-corrected chi connectivity index (χ4v) is 4.84. The monoisotopic (exact) mass is 500 g/mol. The first-order valence-corrected chi connectivity index (χ1v) is 12.1. The molecular formula is C27H31F3N4O2. The van der Waals surface area contributed by atoms with E-state index in [2.05, 4.69) is 9.88 Å². The molecule has 0 aliphatic carbocycles. The summed E-state index contributed by atoms with van der Waals surface area (Å²) in [7, 11) is 1.57. The minimum atomic E-state index is -4.36. The Kier molecular flexibility index (Phi) is 7.68. The third-order valence-corrected chi connectivity index (χ3v) is 6.60. The van der Waals surface area contributed by atoms with Crippen molar-refractivity contribution in [2.75, 3.05) is 26.7 Å². The molecule has 0 saturated carbocycles. The number of carbonyl (C=O) groups is 1. The number of likely N-dealkylation sites (N-methyl/N-ethyl adjacent to an activating group) is 1. The number of aromatic nitrogens is 2. The number of benzene rings is 2. The van der Waals surface area contributed by atoms with Gasteiger partial charge in [-0.05, 0) is 63.1 Å². The number of amides is 1. The number of methoxy groups -OCH3 is 1. The van der Waals surface area contributed by atoms with Crippen molar-refractivity contribution in [2.45, 2.75) is 45.5 Å². The van der Waals surface area contributed by atoms with Gasteiger partial charge in [-0.15, -0.1) is 0 Å². The Morgan fingerprint density at radius 2 is 2.03 bits per heavy atom. The zero-order valence-electron chi connectivity index (χ0n) is 20.8. The van der Waals surface area contributed by atoms with Crippen LogP contribution in [0.5, 0.6) is 5.75 Å². The van der Waals surface area contributed by atoms with Gasteiger partial charge >= 0.3 is 6.18 Å². The maximum atomic E-state index is 13.5. The number of alkyl halides is 3. The Labute approximate surface area is 209 Å². The lowest BCUT2D eigenvalue weighted by Crippen LogP contribution is -2.49. The maximum Gasteiger partial charge on any atom is 0.416 e. The average Bonchev–Trinajstić information content (AvgIpc) is 3.30. The van der Waals surface area contributed by atoms with E-state index in [1.807, 2.05) is 35.6 Å². The van der Waals surface area contributed by atoms with Crippen LogP contribution in [0.4, 0.5) is 13.2 Å². The van der Waals surface area contributed by atoms with E-state index >= 15 is 0 Å². The highest BCUT2D eigenvalue weighted by Gasteiger charge is 2.31. The molecule has 1 fully saturated rings. The summed E-state index contributed by atoms with van der Waals surface area (Å²) >= 11 is 0. The molecule has 2 heterocycles. The molecule has 2 aromatic carbocycles. The SMILES string of the molecule is CCN(C(=O)c1ccc(-n2cnc(C)c2)c(OC)c1)C1CCCN(Cc2cccc(C(F)(F)F)c2)C1. The number of imidazole rings is 1. The van der Waals surface area contributed by atoms with Gasteiger partial charge in [0.05, 0.1) is 30.4 Å². The highest BCUT2D eigenvalue weighted by molar-refractivity contribution is 5.95. The fourth-order valence-electron chi connectivity index (χ4n) is 4.84. The van der Waals surface area contributed by atoms with Gasteiger partial charge in [-0.1, -0.05) is 18.2 Å². The van der Waals surface area contributed by atoms with E-state index in [1.54, 1.807) is 31.6 Å². The van der Waals surface area contributed by atoms with Crippen molar-refractivity contribution in [1.29, 1.82) is 0 Å². The Hall–Kier alpha value is -3.33. The molecule has 1 saturated heterocycles. The van der Waals surface area contributed by atoms with E-state index < -0.39 is 11.7 Å². The first kappa shape index (κ1) is 25.8. The minimum absolute atomic E-state index is 0.0241. The molecule has 0 radical (unpaired) electrons. The number of likely N-dealkylation sites (tertiary alicyclic amines) is 1. The van der Waals surface area contributed by atoms with Crippen LogP contribution in [0.15, 0.2) is 55.0 Å². The van der Waals surface area contributed by atoms with Crippen LogP contribution in [0.1, 0.15) is 46.9 Å². The molecule has 192 valence electrons. The molecule has 1 aromatic heterocycles. The molecule has 3 aromatic rings. The lowest BCUT2D eigenvalue weighted by Gasteiger charge is -2.39. The second kappa shape index (κ2) is 10.7. The smallest absolute Gasteiger partial charge is 0.416 e. The van der Waals surface area contributed by atoms with Crippen molar-refractivity contribution >= 4 is 5.91 Å². The predicted molar refractivity (Wildman–Crippen MR) is 131 cm³/mol. The number of hydrogen-bond donors (Lipinski definition) is 0. The predicted octanol–water partition coefficient (Wildman–Crippen LogP) is 5.33. The topological polar surface area (TPSA) is 50.6 Å². The largest absolute Gasteiger partial charge is 0.495 e. The van der Waals surface area contributed by atoms with E-state index in [0.717, 1.165) is 36.8 Å². The molecule has 1 amide bonds. The zero-order valence-corrected chi connectivity index (χ0v) is 20.8. The number of ether oxygens (including phenoxy) is 1. The molecule has 6 nitrogen and oxygen atoms in total. The van der Waals surface area contributed by atoms with E-state index in [1.165, 1.54) is 12.1 Å². The summed E-state index contributed by atoms with van der Waals surface area (Å²) in [6.07, 6.45) is 0.948. The normalized spacial score (nSPS) is 16.7. The Morgan fingerprint density at radius 1 is 1.22 bits per heavy atom. The second-order valence-corrected chi connectivity index (χ2v) is 9.13. The van der Waals surface area contributed by atoms with E-state index in [0.29, 0.717) is 36.5 Å². The van der Waals surface area contributed by atoms with Crippen molar-refractivity contribution in [1.82, 2.24) is 19.4 Å². The molecule has 0 spiro atoms. The van der Waals surface area contributed by atoms with Crippen LogP contribution >= 0.6 is 0 Å². The average molecular weight is 501 g/mol. The van der Waals surface area contributed by atoms with Gasteiger partial charge in [0.2, 0.25) is 0 Å². The molecule has 1 aliphatic heterocycles. The molecule has 9 heteroatoms. The lowest BCUT2D eigenvalue weighted by atomic mass is 10.0. The Bertz CT molecular complexity index is 1210. The number of aryl methyl sites for hydroxylation is 1. The van der Waals surface area contributed by atoms with Crippen molar-refractivity contribution in [3.05, 3.63) is 77.4 Å². The standard InChI is InChI=1S/C27H31F3N4O2/c1-4-34(26(35)21-10-11-24(25(14-21)36-3)33-15-19(2)31-18-33)23-9-6-12-32(17-23)16-20-7-5-8-22(13-20)27(28,29)30/h5,7-8,10-11,13-15,18,23H,4,6,9,12,16-17H2,1-3H3. The van der Waals surface area contributed by atoms with Crippen LogP contribution in [0.25, 0.3) is 5.69 Å². The van der Waals surface area contributed by atoms with Gasteiger partial charge in [-0.3, -0.25) is 9.69 Å². The fraction of sp³-hybridized carbons (Fsp3) is 0.407. The lowest BCUT2D eigenvalue weighted by molar-refractivity contribution is -0.137. The van der Waals surface area contributed by atoms with Crippen LogP contribution in [0.3, 0.4) is 0 Å². The molecule has 4 rings (SSSR count). The Balaban J connectivity index is 1.49. The van der Waals surface area contributed by atoms with Gasteiger partial charge in [-0.25, -0.2) is 4.98 Å². The van der Waals surface area contributed by atoms with Crippen molar-refractivity contribution < 1.29 is 22.7 Å². The highest BCUT2D eigenvalue weighted by atomic mass is 19.4. The van der Waals surface area contributed by atoms with E-state index in [4.69, 9.17) is 4.74 Å². The van der Waals surface area contributed by atoms with Crippen molar-refractivity contribution in [3.63, 3.8) is 0 Å². The van der Waals surface area contributed by atoms with Crippen LogP contribution in [0, 0.1) is 6.92 Å². The Morgan fingerprint density at radius 3 is 2.69 bits per heavy atom. The van der Waals surface area contributed by atoms with Crippen molar-refractivity contribution in [3.8, 4) is 11.4 Å². The van der Waals surface area contributed by atoms with E-state index in [9.17, 15) is 18.0 Å². The number of piperidine rings is 1. The molecule has 1 aliphatic rings. The third-order valence-electron chi connectivity index (χ3n) is 6.60. The summed E-state index contributed by atoms with van der Waals surface area (Å²) in [6, 6.07) is 10.8. The third kappa shape index (κ3) is 5.73. The van der Waals surface area contributed by atoms with Crippen LogP contribution in [0.2, 0.25) is 0 Å². The summed E-state index contributed by atoms with van der Waals surface area (Å²) < 4.78 is 46.8. The van der Waals surface area contributed by atoms with Gasteiger partial charge in [-0.2, -0.15) is 13.2 Å². The van der Waals surface area contributed by atoms with Gasteiger partial charge < -0.3 is 14.2 Å². The summed E-state index contributed by atoms with van der Waals surface area (Å²) in [6.45, 7) is 6.19. The molecular weight excluding hydrogens is 469 g/mol. The van der Waals surface area contributed by atoms with Gasteiger partial charge in [0.25, 0.3) is 5.91 Å². The molecule has 1 unspecified atom stereocenters. The second-order valence-electron chi connectivity index (χ2n) is 9.13. The summed E-state index contributed by atoms with van der Waals surface area (Å²) in [5, 5.41) is 0. The van der Waals surface area contributed by atoms with E-state index in [-0.39, 0.29) is 11.9 Å². The summed E-state index contributed by atoms with van der Waals surface area (Å²) in [5.74, 6) is 0.485. The summed E-state index contributed by atoms with van der Waals surface area (Å²) in [5.41, 5.74) is 2.19. The van der Waals surface area contributed by atoms with Gasteiger partial charge in [0.1, 0.15) is 5.75 Å². The number of nitrogens with zero attached hydrogens (tertiary/aromatic N) is 4. The number of carbonyl (C=O) groups excluding carboxylic acids is 1. The highest BCUT2D eigenvalue weighted by Crippen LogP contribution is 2.30. The van der Waals surface area contributed by atoms with Crippen molar-refractivity contribution in [2.24, 2.45) is 0 Å². The molecule has 1 atom stereocenters. The zero-order chi connectivity index (χ0) is 25.9. The maximum absolute atomic E-state index is 13.5. The number of halogens is 3. The van der Waals surface area contributed by atoms with Crippen LogP contribution in [-0.2, 0) is 12.7 Å².